The highest BCUT2D eigenvalue weighted by atomic mass is 35.5. The first-order chi connectivity index (χ1) is 12.1. The van der Waals surface area contributed by atoms with E-state index < -0.39 is 0 Å². The van der Waals surface area contributed by atoms with E-state index in [1.165, 1.54) is 58.2 Å². The molecule has 1 amide bonds. The molecule has 0 aromatic heterocycles. The molecule has 0 radical (unpaired) electrons. The van der Waals surface area contributed by atoms with Crippen LogP contribution in [0.2, 0.25) is 5.02 Å². The average Bonchev–Trinajstić information content (AvgIpc) is 3.11. The number of halogens is 1. The summed E-state index contributed by atoms with van der Waals surface area (Å²) in [5.41, 5.74) is 0. The second-order valence-corrected chi connectivity index (χ2v) is 8.03. The summed E-state index contributed by atoms with van der Waals surface area (Å²) in [6.07, 6.45) is 7.48. The fourth-order valence-corrected chi connectivity index (χ4v) is 4.20. The predicted molar refractivity (Wildman–Crippen MR) is 101 cm³/mol. The SMILES string of the molecule is CN(C[C@H]1CC[C@H](CN2CCCC2)CC1)C(=O)Oc1ccc(Cl)cc1. The third-order valence-corrected chi connectivity index (χ3v) is 5.80. The quantitative estimate of drug-likeness (QED) is 0.760. The van der Waals surface area contributed by atoms with E-state index >= 15 is 0 Å². The Balaban J connectivity index is 1.38. The molecule has 138 valence electrons. The molecule has 2 fully saturated rings. The highest BCUT2D eigenvalue weighted by Crippen LogP contribution is 2.30. The second kappa shape index (κ2) is 8.91. The molecule has 1 aromatic carbocycles. The number of hydrogen-bond donors (Lipinski definition) is 0. The molecule has 1 aliphatic heterocycles. The van der Waals surface area contributed by atoms with Crippen LogP contribution >= 0.6 is 11.6 Å². The van der Waals surface area contributed by atoms with Crippen LogP contribution in [0, 0.1) is 11.8 Å². The van der Waals surface area contributed by atoms with Crippen LogP contribution in [0.1, 0.15) is 38.5 Å². The fraction of sp³-hybridized carbons (Fsp3) is 0.650. The summed E-state index contributed by atoms with van der Waals surface area (Å²) in [6, 6.07) is 6.90. The summed E-state index contributed by atoms with van der Waals surface area (Å²) >= 11 is 5.85. The molecule has 0 unspecified atom stereocenters. The molecular weight excluding hydrogens is 336 g/mol. The van der Waals surface area contributed by atoms with Gasteiger partial charge in [0.2, 0.25) is 0 Å². The summed E-state index contributed by atoms with van der Waals surface area (Å²) in [5, 5.41) is 0.638. The molecule has 1 aromatic rings. The van der Waals surface area contributed by atoms with Crippen molar-refractivity contribution in [2.24, 2.45) is 11.8 Å². The van der Waals surface area contributed by atoms with Gasteiger partial charge in [-0.25, -0.2) is 4.79 Å². The van der Waals surface area contributed by atoms with Crippen molar-refractivity contribution < 1.29 is 9.53 Å². The molecule has 5 heteroatoms. The Hall–Kier alpha value is -1.26. The number of benzene rings is 1. The molecule has 3 rings (SSSR count). The van der Waals surface area contributed by atoms with Crippen LogP contribution in [-0.4, -0.2) is 49.1 Å². The number of ether oxygens (including phenoxy) is 1. The Morgan fingerprint density at radius 3 is 2.36 bits per heavy atom. The standard InChI is InChI=1S/C20H29ClN2O2/c1-22(20(24)25-19-10-8-18(21)9-11-19)14-16-4-6-17(7-5-16)15-23-12-2-3-13-23/h8-11,16-17H,2-7,12-15H2,1H3/t16-,17-. The number of hydrogen-bond acceptors (Lipinski definition) is 3. The van der Waals surface area contributed by atoms with Gasteiger partial charge in [0.1, 0.15) is 5.75 Å². The van der Waals surface area contributed by atoms with Crippen molar-refractivity contribution in [1.82, 2.24) is 9.80 Å². The van der Waals surface area contributed by atoms with Crippen molar-refractivity contribution >= 4 is 17.7 Å². The number of likely N-dealkylation sites (tertiary alicyclic amines) is 1. The minimum atomic E-state index is -0.290. The largest absolute Gasteiger partial charge is 0.414 e. The average molecular weight is 365 g/mol. The first kappa shape index (κ1) is 18.5. The molecule has 1 aliphatic carbocycles. The van der Waals surface area contributed by atoms with Gasteiger partial charge in [-0.3, -0.25) is 0 Å². The van der Waals surface area contributed by atoms with Crippen molar-refractivity contribution in [3.63, 3.8) is 0 Å². The second-order valence-electron chi connectivity index (χ2n) is 7.60. The number of carbonyl (C=O) groups excluding carboxylic acids is 1. The summed E-state index contributed by atoms with van der Waals surface area (Å²) in [4.78, 5) is 16.6. The summed E-state index contributed by atoms with van der Waals surface area (Å²) in [5.74, 6) is 1.98. The van der Waals surface area contributed by atoms with Crippen LogP contribution in [0.5, 0.6) is 5.75 Å². The van der Waals surface area contributed by atoms with E-state index in [2.05, 4.69) is 4.90 Å². The lowest BCUT2D eigenvalue weighted by atomic mass is 9.81. The molecule has 2 aliphatic rings. The van der Waals surface area contributed by atoms with Crippen LogP contribution in [-0.2, 0) is 0 Å². The molecule has 0 N–H and O–H groups in total. The summed E-state index contributed by atoms with van der Waals surface area (Å²) < 4.78 is 5.40. The zero-order valence-corrected chi connectivity index (χ0v) is 15.9. The lowest BCUT2D eigenvalue weighted by molar-refractivity contribution is 0.140. The van der Waals surface area contributed by atoms with E-state index in [1.807, 2.05) is 7.05 Å². The summed E-state index contributed by atoms with van der Waals surface area (Å²) in [7, 11) is 1.83. The number of amides is 1. The van der Waals surface area contributed by atoms with Gasteiger partial charge in [-0.05, 0) is 87.7 Å². The van der Waals surface area contributed by atoms with E-state index in [4.69, 9.17) is 16.3 Å². The maximum Gasteiger partial charge on any atom is 0.414 e. The Bertz CT molecular complexity index is 549. The van der Waals surface area contributed by atoms with Gasteiger partial charge in [0, 0.05) is 25.2 Å². The van der Waals surface area contributed by atoms with Crippen molar-refractivity contribution in [2.75, 3.05) is 33.2 Å². The molecule has 1 saturated carbocycles. The molecular formula is C20H29ClN2O2. The Morgan fingerprint density at radius 2 is 1.72 bits per heavy atom. The minimum absolute atomic E-state index is 0.290. The topological polar surface area (TPSA) is 32.8 Å². The summed E-state index contributed by atoms with van der Waals surface area (Å²) in [6.45, 7) is 4.64. The molecule has 0 spiro atoms. The Kier molecular flexibility index (Phi) is 6.60. The zero-order chi connectivity index (χ0) is 17.6. The van der Waals surface area contributed by atoms with Crippen molar-refractivity contribution in [1.29, 1.82) is 0 Å². The third-order valence-electron chi connectivity index (χ3n) is 5.54. The lowest BCUT2D eigenvalue weighted by Crippen LogP contribution is -2.36. The van der Waals surface area contributed by atoms with Crippen LogP contribution in [0.4, 0.5) is 4.79 Å². The van der Waals surface area contributed by atoms with Crippen LogP contribution < -0.4 is 4.74 Å². The van der Waals surface area contributed by atoms with Gasteiger partial charge in [-0.15, -0.1) is 0 Å². The molecule has 1 saturated heterocycles. The van der Waals surface area contributed by atoms with Crippen molar-refractivity contribution in [3.8, 4) is 5.75 Å². The van der Waals surface area contributed by atoms with Gasteiger partial charge in [0.25, 0.3) is 0 Å². The fourth-order valence-electron chi connectivity index (χ4n) is 4.07. The van der Waals surface area contributed by atoms with Crippen molar-refractivity contribution in [3.05, 3.63) is 29.3 Å². The normalized spacial score (nSPS) is 24.2. The number of rotatable bonds is 5. The monoisotopic (exact) mass is 364 g/mol. The molecule has 0 atom stereocenters. The number of carbonyl (C=O) groups is 1. The predicted octanol–water partition coefficient (Wildman–Crippen LogP) is 4.67. The van der Waals surface area contributed by atoms with Gasteiger partial charge in [-0.1, -0.05) is 11.6 Å². The van der Waals surface area contributed by atoms with Gasteiger partial charge < -0.3 is 14.5 Å². The maximum absolute atomic E-state index is 12.2. The Labute approximate surface area is 156 Å². The molecule has 25 heavy (non-hydrogen) atoms. The van der Waals surface area contributed by atoms with E-state index in [0.717, 1.165) is 12.5 Å². The van der Waals surface area contributed by atoms with E-state index in [1.54, 1.807) is 29.2 Å². The Morgan fingerprint density at radius 1 is 1.12 bits per heavy atom. The highest BCUT2D eigenvalue weighted by molar-refractivity contribution is 6.30. The third kappa shape index (κ3) is 5.61. The van der Waals surface area contributed by atoms with E-state index in [0.29, 0.717) is 16.7 Å². The first-order valence-electron chi connectivity index (χ1n) is 9.51. The van der Waals surface area contributed by atoms with E-state index in [-0.39, 0.29) is 6.09 Å². The zero-order valence-electron chi connectivity index (χ0n) is 15.1. The smallest absolute Gasteiger partial charge is 0.410 e. The van der Waals surface area contributed by atoms with Crippen LogP contribution in [0.15, 0.2) is 24.3 Å². The lowest BCUT2D eigenvalue weighted by Gasteiger charge is -2.32. The maximum atomic E-state index is 12.2. The molecule has 1 heterocycles. The molecule has 0 bridgehead atoms. The van der Waals surface area contributed by atoms with E-state index in [9.17, 15) is 4.79 Å². The minimum Gasteiger partial charge on any atom is -0.410 e. The molecule has 4 nitrogen and oxygen atoms in total. The first-order valence-corrected chi connectivity index (χ1v) is 9.89. The van der Waals surface area contributed by atoms with Crippen molar-refractivity contribution in [2.45, 2.75) is 38.5 Å². The highest BCUT2D eigenvalue weighted by Gasteiger charge is 2.26. The van der Waals surface area contributed by atoms with Gasteiger partial charge in [0.15, 0.2) is 0 Å². The van der Waals surface area contributed by atoms with Crippen LogP contribution in [0.3, 0.4) is 0 Å². The number of nitrogens with zero attached hydrogens (tertiary/aromatic N) is 2. The van der Waals surface area contributed by atoms with Gasteiger partial charge in [-0.2, -0.15) is 0 Å². The van der Waals surface area contributed by atoms with Gasteiger partial charge >= 0.3 is 6.09 Å². The van der Waals surface area contributed by atoms with Gasteiger partial charge in [0.05, 0.1) is 0 Å². The van der Waals surface area contributed by atoms with Crippen LogP contribution in [0.25, 0.3) is 0 Å².